The molecule has 2 nitrogen and oxygen atoms in total. The first kappa shape index (κ1) is 17.8. The number of allylic oxidation sites excluding steroid dienone is 1. The summed E-state index contributed by atoms with van der Waals surface area (Å²) in [5.74, 6) is -0.345. The molecule has 1 saturated carbocycles. The smallest absolute Gasteiger partial charge is 0.310 e. The average Bonchev–Trinajstić information content (AvgIpc) is 2.94. The van der Waals surface area contributed by atoms with Crippen LogP contribution in [0.15, 0.2) is 27.2 Å². The van der Waals surface area contributed by atoms with Gasteiger partial charge in [0.2, 0.25) is 0 Å². The molecule has 0 amide bonds. The van der Waals surface area contributed by atoms with Gasteiger partial charge < -0.3 is 4.74 Å². The fourth-order valence-electron chi connectivity index (χ4n) is 2.89. The van der Waals surface area contributed by atoms with Gasteiger partial charge in [0.25, 0.3) is 0 Å². The van der Waals surface area contributed by atoms with Crippen molar-refractivity contribution >= 4 is 45.1 Å². The monoisotopic (exact) mass is 404 g/mol. The van der Waals surface area contributed by atoms with Gasteiger partial charge in [0.05, 0.1) is 5.92 Å². The molecule has 1 aromatic carbocycles. The van der Waals surface area contributed by atoms with Crippen LogP contribution in [0.4, 0.5) is 0 Å². The summed E-state index contributed by atoms with van der Waals surface area (Å²) in [6, 6.07) is 4.02. The maximum absolute atomic E-state index is 12.3. The van der Waals surface area contributed by atoms with Crippen molar-refractivity contribution in [3.63, 3.8) is 0 Å². The molecule has 120 valence electrons. The Morgan fingerprint density at radius 3 is 2.59 bits per heavy atom. The molecule has 1 fully saturated rings. The van der Waals surface area contributed by atoms with Crippen LogP contribution < -0.4 is 0 Å². The van der Waals surface area contributed by atoms with Gasteiger partial charge in [0.15, 0.2) is 0 Å². The molecule has 1 aromatic rings. The Morgan fingerprint density at radius 2 is 2.00 bits per heavy atom. The van der Waals surface area contributed by atoms with Crippen LogP contribution in [0.3, 0.4) is 0 Å². The van der Waals surface area contributed by atoms with Crippen LogP contribution in [0, 0.1) is 31.1 Å². The van der Waals surface area contributed by atoms with Gasteiger partial charge in [0, 0.05) is 4.47 Å². The number of halogens is 3. The molecule has 1 aliphatic carbocycles. The highest BCUT2D eigenvalue weighted by molar-refractivity contribution is 9.10. The second-order valence-electron chi connectivity index (χ2n) is 6.36. The van der Waals surface area contributed by atoms with Gasteiger partial charge in [-0.2, -0.15) is 0 Å². The molecule has 0 radical (unpaired) electrons. The first-order chi connectivity index (χ1) is 10.2. The number of rotatable bonds is 4. The number of carbonyl (C=O) groups is 1. The molecule has 1 aliphatic rings. The molecular weight excluding hydrogens is 387 g/mol. The zero-order valence-electron chi connectivity index (χ0n) is 13.0. The molecule has 0 bridgehead atoms. The predicted octanol–water partition coefficient (Wildman–Crippen LogP) is 5.70. The maximum atomic E-state index is 12.3. The zero-order chi connectivity index (χ0) is 16.7. The zero-order valence-corrected chi connectivity index (χ0v) is 16.1. The van der Waals surface area contributed by atoms with E-state index in [4.69, 9.17) is 27.9 Å². The standard InChI is InChI=1S/C17H19BrCl2O2/c1-9-5-6-13(18)10(2)11(9)8-22-16(21)15-12(7-14(19)20)17(15,3)4/h5-7,12,15H,8H2,1-4H3/t12-,15+/m1/s1. The van der Waals surface area contributed by atoms with E-state index in [1.807, 2.05) is 39.8 Å². The molecule has 0 aromatic heterocycles. The van der Waals surface area contributed by atoms with Crippen molar-refractivity contribution in [2.75, 3.05) is 0 Å². The molecule has 0 N–H and O–H groups in total. The Morgan fingerprint density at radius 1 is 1.36 bits per heavy atom. The minimum Gasteiger partial charge on any atom is -0.461 e. The van der Waals surface area contributed by atoms with E-state index in [1.165, 1.54) is 0 Å². The summed E-state index contributed by atoms with van der Waals surface area (Å²) >= 11 is 14.9. The van der Waals surface area contributed by atoms with Crippen LogP contribution >= 0.6 is 39.1 Å². The van der Waals surface area contributed by atoms with Gasteiger partial charge >= 0.3 is 5.97 Å². The molecule has 22 heavy (non-hydrogen) atoms. The van der Waals surface area contributed by atoms with E-state index in [1.54, 1.807) is 6.08 Å². The third-order valence-corrected chi connectivity index (χ3v) is 5.71. The SMILES string of the molecule is Cc1ccc(Br)c(C)c1COC(=O)[C@@H]1[C@@H](C=C(Cl)Cl)C1(C)C. The number of hydrogen-bond acceptors (Lipinski definition) is 2. The minimum atomic E-state index is -0.195. The summed E-state index contributed by atoms with van der Waals surface area (Å²) in [7, 11) is 0. The lowest BCUT2D eigenvalue weighted by molar-refractivity contribution is -0.147. The maximum Gasteiger partial charge on any atom is 0.310 e. The van der Waals surface area contributed by atoms with Gasteiger partial charge in [-0.25, -0.2) is 0 Å². The van der Waals surface area contributed by atoms with E-state index in [0.29, 0.717) is 0 Å². The summed E-state index contributed by atoms with van der Waals surface area (Å²) in [6.45, 7) is 8.36. The molecular formula is C17H19BrCl2O2. The van der Waals surface area contributed by atoms with E-state index in [9.17, 15) is 4.79 Å². The summed E-state index contributed by atoms with van der Waals surface area (Å²) in [5, 5.41) is 0. The van der Waals surface area contributed by atoms with Gasteiger partial charge in [-0.3, -0.25) is 4.79 Å². The van der Waals surface area contributed by atoms with E-state index in [-0.39, 0.29) is 34.3 Å². The van der Waals surface area contributed by atoms with Crippen molar-refractivity contribution < 1.29 is 9.53 Å². The first-order valence-corrected chi connectivity index (χ1v) is 8.65. The third-order valence-electron chi connectivity index (χ3n) is 4.60. The molecule has 5 heteroatoms. The number of ether oxygens (including phenoxy) is 1. The van der Waals surface area contributed by atoms with Gasteiger partial charge in [-0.15, -0.1) is 0 Å². The Kier molecular flexibility index (Phi) is 5.31. The van der Waals surface area contributed by atoms with Crippen LogP contribution in [-0.4, -0.2) is 5.97 Å². The highest BCUT2D eigenvalue weighted by Crippen LogP contribution is 2.60. The first-order valence-electron chi connectivity index (χ1n) is 7.10. The molecule has 0 aliphatic heterocycles. The number of carbonyl (C=O) groups excluding carboxylic acids is 1. The molecule has 0 spiro atoms. The highest BCUT2D eigenvalue weighted by atomic mass is 79.9. The highest BCUT2D eigenvalue weighted by Gasteiger charge is 2.61. The number of esters is 1. The number of hydrogen-bond donors (Lipinski definition) is 0. The summed E-state index contributed by atoms with van der Waals surface area (Å²) in [4.78, 5) is 12.3. The second-order valence-corrected chi connectivity index (χ2v) is 8.22. The van der Waals surface area contributed by atoms with Crippen LogP contribution in [0.5, 0.6) is 0 Å². The Bertz CT molecular complexity index is 634. The number of aryl methyl sites for hydroxylation is 1. The van der Waals surface area contributed by atoms with Crippen LogP contribution in [0.2, 0.25) is 0 Å². The summed E-state index contributed by atoms with van der Waals surface area (Å²) in [6.07, 6.45) is 1.73. The summed E-state index contributed by atoms with van der Waals surface area (Å²) in [5.41, 5.74) is 3.10. The van der Waals surface area contributed by atoms with Crippen LogP contribution in [0.1, 0.15) is 30.5 Å². The van der Waals surface area contributed by atoms with Crippen LogP contribution in [-0.2, 0) is 16.1 Å². The topological polar surface area (TPSA) is 26.3 Å². The van der Waals surface area contributed by atoms with Crippen molar-refractivity contribution in [2.45, 2.75) is 34.3 Å². The number of benzene rings is 1. The second kappa shape index (κ2) is 6.54. The third kappa shape index (κ3) is 3.52. The van der Waals surface area contributed by atoms with Crippen molar-refractivity contribution in [2.24, 2.45) is 17.3 Å². The van der Waals surface area contributed by atoms with E-state index in [0.717, 1.165) is 21.2 Å². The fourth-order valence-corrected chi connectivity index (χ4v) is 3.54. The lowest BCUT2D eigenvalue weighted by atomic mass is 10.0. The van der Waals surface area contributed by atoms with Crippen molar-refractivity contribution in [1.29, 1.82) is 0 Å². The van der Waals surface area contributed by atoms with Crippen molar-refractivity contribution in [3.8, 4) is 0 Å². The van der Waals surface area contributed by atoms with Gasteiger partial charge in [-0.05, 0) is 54.0 Å². The lowest BCUT2D eigenvalue weighted by Crippen LogP contribution is -2.12. The molecule has 0 heterocycles. The van der Waals surface area contributed by atoms with E-state index < -0.39 is 0 Å². The predicted molar refractivity (Wildman–Crippen MR) is 94.0 cm³/mol. The van der Waals surface area contributed by atoms with Crippen molar-refractivity contribution in [1.82, 2.24) is 0 Å². The average molecular weight is 406 g/mol. The molecule has 2 atom stereocenters. The Labute approximate surface area is 149 Å². The Balaban J connectivity index is 2.06. The fraction of sp³-hybridized carbons (Fsp3) is 0.471. The molecule has 0 unspecified atom stereocenters. The largest absolute Gasteiger partial charge is 0.461 e. The van der Waals surface area contributed by atoms with Gasteiger partial charge in [-0.1, -0.05) is 59.0 Å². The minimum absolute atomic E-state index is 0.0368. The quantitative estimate of drug-likeness (QED) is 0.600. The summed E-state index contributed by atoms with van der Waals surface area (Å²) < 4.78 is 6.76. The van der Waals surface area contributed by atoms with E-state index >= 15 is 0 Å². The lowest BCUT2D eigenvalue weighted by Gasteiger charge is -2.12. The molecule has 0 saturated heterocycles. The van der Waals surface area contributed by atoms with Gasteiger partial charge in [0.1, 0.15) is 11.1 Å². The van der Waals surface area contributed by atoms with Crippen molar-refractivity contribution in [3.05, 3.63) is 43.9 Å². The normalized spacial score (nSPS) is 22.1. The van der Waals surface area contributed by atoms with E-state index in [2.05, 4.69) is 15.9 Å². The van der Waals surface area contributed by atoms with Crippen LogP contribution in [0.25, 0.3) is 0 Å². The Hall–Kier alpha value is -0.510. The molecule has 2 rings (SSSR count).